The van der Waals surface area contributed by atoms with Gasteiger partial charge in [-0.1, -0.05) is 6.07 Å². The average molecular weight is 469 g/mol. The molecule has 0 saturated heterocycles. The average Bonchev–Trinajstić information content (AvgIpc) is 3.23. The molecule has 0 fully saturated rings. The van der Waals surface area contributed by atoms with Gasteiger partial charge in [-0.25, -0.2) is 4.98 Å². The number of nitrogens with zero attached hydrogens (tertiary/aromatic N) is 5. The Morgan fingerprint density at radius 1 is 1.24 bits per heavy atom. The number of hydrogen-bond acceptors (Lipinski definition) is 5. The molecule has 1 aromatic carbocycles. The molecule has 2 aromatic heterocycles. The van der Waals surface area contributed by atoms with Gasteiger partial charge in [0.05, 0.1) is 41.8 Å². The van der Waals surface area contributed by atoms with Crippen molar-refractivity contribution < 1.29 is 23.1 Å². The van der Waals surface area contributed by atoms with Crippen LogP contribution >= 0.6 is 0 Å². The lowest BCUT2D eigenvalue weighted by atomic mass is 10.0. The number of pyridine rings is 1. The van der Waals surface area contributed by atoms with Crippen molar-refractivity contribution in [1.29, 1.82) is 5.26 Å². The van der Waals surface area contributed by atoms with Crippen LogP contribution in [0.15, 0.2) is 42.7 Å². The van der Waals surface area contributed by atoms with Gasteiger partial charge in [-0.15, -0.1) is 0 Å². The first-order valence-electron chi connectivity index (χ1n) is 10.6. The number of aromatic nitrogens is 3. The van der Waals surface area contributed by atoms with E-state index in [1.54, 1.807) is 42.2 Å². The molecular weight excluding hydrogens is 447 g/mol. The van der Waals surface area contributed by atoms with Gasteiger partial charge in [0, 0.05) is 23.9 Å². The van der Waals surface area contributed by atoms with Crippen molar-refractivity contribution in [2.24, 2.45) is 0 Å². The second kappa shape index (κ2) is 8.25. The molecule has 1 aliphatic heterocycles. The highest BCUT2D eigenvalue weighted by molar-refractivity contribution is 5.95. The van der Waals surface area contributed by atoms with Gasteiger partial charge in [0.15, 0.2) is 5.82 Å². The number of benzene rings is 1. The van der Waals surface area contributed by atoms with Gasteiger partial charge in [0.1, 0.15) is 0 Å². The predicted octanol–water partition coefficient (Wildman–Crippen LogP) is 4.11. The van der Waals surface area contributed by atoms with E-state index in [9.17, 15) is 23.1 Å². The van der Waals surface area contributed by atoms with E-state index in [0.29, 0.717) is 29.4 Å². The maximum atomic E-state index is 13.4. The SMILES string of the molecule is Cc1cc(C#N)ccc1-c1cc(C(=O)N2Cc3cnc([C@@](C)(O)C(F)(F)F)n3[C@@H](C)C2)ccn1. The highest BCUT2D eigenvalue weighted by Gasteiger charge is 2.55. The van der Waals surface area contributed by atoms with Crippen molar-refractivity contribution in [3.05, 3.63) is 70.9 Å². The Hall–Kier alpha value is -3.71. The van der Waals surface area contributed by atoms with Crippen LogP contribution in [0.5, 0.6) is 0 Å². The fraction of sp³-hybridized carbons (Fsp3) is 0.333. The number of nitriles is 1. The van der Waals surface area contributed by atoms with Crippen molar-refractivity contribution >= 4 is 5.91 Å². The molecule has 176 valence electrons. The molecule has 0 radical (unpaired) electrons. The van der Waals surface area contributed by atoms with Crippen molar-refractivity contribution in [1.82, 2.24) is 19.4 Å². The number of aliphatic hydroxyl groups is 1. The molecule has 1 amide bonds. The summed E-state index contributed by atoms with van der Waals surface area (Å²) in [4.78, 5) is 23.0. The number of carbonyl (C=O) groups excluding carboxylic acids is 1. The van der Waals surface area contributed by atoms with Crippen molar-refractivity contribution in [2.45, 2.75) is 45.1 Å². The zero-order chi connectivity index (χ0) is 24.8. The Kier molecular flexibility index (Phi) is 5.69. The van der Waals surface area contributed by atoms with Gasteiger partial charge in [-0.05, 0) is 50.6 Å². The number of halogens is 3. The van der Waals surface area contributed by atoms with E-state index in [0.717, 1.165) is 11.1 Å². The number of rotatable bonds is 3. The number of alkyl halides is 3. The summed E-state index contributed by atoms with van der Waals surface area (Å²) in [5.74, 6) is -0.782. The third-order valence-corrected chi connectivity index (χ3v) is 6.06. The third-order valence-electron chi connectivity index (χ3n) is 6.06. The van der Waals surface area contributed by atoms with Crippen LogP contribution in [-0.2, 0) is 12.1 Å². The van der Waals surface area contributed by atoms with Crippen molar-refractivity contribution in [3.8, 4) is 17.3 Å². The molecule has 0 unspecified atom stereocenters. The lowest BCUT2D eigenvalue weighted by Crippen LogP contribution is -2.45. The number of amides is 1. The number of aryl methyl sites for hydroxylation is 1. The lowest BCUT2D eigenvalue weighted by molar-refractivity contribution is -0.263. The number of imidazole rings is 1. The third kappa shape index (κ3) is 3.92. The zero-order valence-corrected chi connectivity index (χ0v) is 18.8. The molecule has 0 aliphatic carbocycles. The molecule has 4 rings (SSSR count). The first kappa shape index (κ1) is 23.4. The van der Waals surface area contributed by atoms with E-state index < -0.39 is 23.6 Å². The topological polar surface area (TPSA) is 95.0 Å². The minimum absolute atomic E-state index is 0.0532. The highest BCUT2D eigenvalue weighted by atomic mass is 19.4. The summed E-state index contributed by atoms with van der Waals surface area (Å²) >= 11 is 0. The van der Waals surface area contributed by atoms with Gasteiger partial charge in [-0.3, -0.25) is 9.78 Å². The van der Waals surface area contributed by atoms with Gasteiger partial charge < -0.3 is 14.6 Å². The molecule has 34 heavy (non-hydrogen) atoms. The van der Waals surface area contributed by atoms with E-state index in [1.165, 1.54) is 17.0 Å². The Morgan fingerprint density at radius 2 is 1.97 bits per heavy atom. The molecule has 1 N–H and O–H groups in total. The fourth-order valence-corrected chi connectivity index (χ4v) is 4.22. The summed E-state index contributed by atoms with van der Waals surface area (Å²) in [7, 11) is 0. The molecule has 0 saturated carbocycles. The summed E-state index contributed by atoms with van der Waals surface area (Å²) in [6.45, 7) is 4.41. The maximum Gasteiger partial charge on any atom is 0.424 e. The Bertz CT molecular complexity index is 1310. The minimum atomic E-state index is -4.89. The van der Waals surface area contributed by atoms with Crippen molar-refractivity contribution in [2.75, 3.05) is 6.54 Å². The number of fused-ring (bicyclic) bond motifs is 1. The molecule has 3 aromatic rings. The Labute approximate surface area is 194 Å². The molecular formula is C24H22F3N5O2. The maximum absolute atomic E-state index is 13.4. The van der Waals surface area contributed by atoms with Gasteiger partial charge >= 0.3 is 6.18 Å². The van der Waals surface area contributed by atoms with Crippen molar-refractivity contribution in [3.63, 3.8) is 0 Å². The quantitative estimate of drug-likeness (QED) is 0.623. The molecule has 3 heterocycles. The van der Waals surface area contributed by atoms with E-state index in [1.807, 2.05) is 6.92 Å². The van der Waals surface area contributed by atoms with Crippen LogP contribution in [0, 0.1) is 18.3 Å². The largest absolute Gasteiger partial charge is 0.424 e. The second-order valence-electron chi connectivity index (χ2n) is 8.62. The smallest absolute Gasteiger partial charge is 0.374 e. The monoisotopic (exact) mass is 469 g/mol. The molecule has 2 atom stereocenters. The van der Waals surface area contributed by atoms with E-state index >= 15 is 0 Å². The summed E-state index contributed by atoms with van der Waals surface area (Å²) in [5.41, 5.74) is 0.418. The summed E-state index contributed by atoms with van der Waals surface area (Å²) in [6, 6.07) is 10.0. The molecule has 0 bridgehead atoms. The number of carbonyl (C=O) groups is 1. The minimum Gasteiger partial charge on any atom is -0.374 e. The normalized spacial score (nSPS) is 17.6. The fourth-order valence-electron chi connectivity index (χ4n) is 4.22. The summed E-state index contributed by atoms with van der Waals surface area (Å²) in [6.07, 6.45) is -2.10. The van der Waals surface area contributed by atoms with Gasteiger partial charge in [-0.2, -0.15) is 18.4 Å². The highest BCUT2D eigenvalue weighted by Crippen LogP contribution is 2.40. The van der Waals surface area contributed by atoms with Gasteiger partial charge in [0.2, 0.25) is 5.60 Å². The van der Waals surface area contributed by atoms with E-state index in [4.69, 9.17) is 5.26 Å². The Morgan fingerprint density at radius 3 is 2.62 bits per heavy atom. The van der Waals surface area contributed by atoms with Crippen LogP contribution in [-0.4, -0.2) is 43.2 Å². The van der Waals surface area contributed by atoms with Crippen LogP contribution in [0.3, 0.4) is 0 Å². The summed E-state index contributed by atoms with van der Waals surface area (Å²) < 4.78 is 41.5. The van der Waals surface area contributed by atoms with Crippen LogP contribution in [0.2, 0.25) is 0 Å². The van der Waals surface area contributed by atoms with E-state index in [2.05, 4.69) is 16.0 Å². The lowest BCUT2D eigenvalue weighted by Gasteiger charge is -2.36. The first-order chi connectivity index (χ1) is 15.9. The molecule has 10 heteroatoms. The molecule has 0 spiro atoms. The molecule has 1 aliphatic rings. The van der Waals surface area contributed by atoms with Crippen LogP contribution in [0.1, 0.15) is 52.9 Å². The second-order valence-corrected chi connectivity index (χ2v) is 8.62. The van der Waals surface area contributed by atoms with Crippen LogP contribution in [0.4, 0.5) is 13.2 Å². The van der Waals surface area contributed by atoms with E-state index in [-0.39, 0.29) is 19.0 Å². The number of hydrogen-bond donors (Lipinski definition) is 1. The predicted molar refractivity (Wildman–Crippen MR) is 116 cm³/mol. The van der Waals surface area contributed by atoms with Gasteiger partial charge in [0.25, 0.3) is 5.91 Å². The Balaban J connectivity index is 1.62. The molecule has 7 nitrogen and oxygen atoms in total. The standard InChI is InChI=1S/C24H22F3N5O2/c1-14-8-16(10-28)4-5-19(14)20-9-17(6-7-29-20)21(33)31-12-15(2)32-18(13-31)11-30-22(32)23(3,34)24(25,26)27/h4-9,11,15,34H,12-13H2,1-3H3/t15-,23+/m0/s1. The van der Waals surface area contributed by atoms with Crippen LogP contribution < -0.4 is 0 Å². The summed E-state index contributed by atoms with van der Waals surface area (Å²) in [5, 5.41) is 19.2. The zero-order valence-electron chi connectivity index (χ0n) is 18.8. The first-order valence-corrected chi connectivity index (χ1v) is 10.6. The van der Waals surface area contributed by atoms with Crippen LogP contribution in [0.25, 0.3) is 11.3 Å².